The summed E-state index contributed by atoms with van der Waals surface area (Å²) in [6.07, 6.45) is 0. The van der Waals surface area contributed by atoms with Crippen LogP contribution in [0.15, 0.2) is 35.5 Å². The lowest BCUT2D eigenvalue weighted by molar-refractivity contribution is -0.119. The van der Waals surface area contributed by atoms with Crippen molar-refractivity contribution in [2.45, 2.75) is 44.1 Å². The molecule has 2 rings (SSSR count). The Morgan fingerprint density at radius 1 is 1.12 bits per heavy atom. The van der Waals surface area contributed by atoms with Crippen molar-refractivity contribution in [3.63, 3.8) is 0 Å². The van der Waals surface area contributed by atoms with Gasteiger partial charge in [-0.3, -0.25) is 14.7 Å². The van der Waals surface area contributed by atoms with Gasteiger partial charge in [0.15, 0.2) is 5.16 Å². The Kier molecular flexibility index (Phi) is 5.97. The van der Waals surface area contributed by atoms with E-state index in [0.29, 0.717) is 5.16 Å². The highest BCUT2D eigenvalue weighted by Crippen LogP contribution is 2.25. The number of benzene rings is 1. The minimum absolute atomic E-state index is 0.0374. The fourth-order valence-corrected chi connectivity index (χ4v) is 2.93. The third kappa shape index (κ3) is 4.58. The summed E-state index contributed by atoms with van der Waals surface area (Å²) < 4.78 is 1.88. The molecule has 0 fully saturated rings. The van der Waals surface area contributed by atoms with Crippen LogP contribution in [0.5, 0.6) is 0 Å². The van der Waals surface area contributed by atoms with Gasteiger partial charge >= 0.3 is 6.03 Å². The molecule has 0 aliphatic carbocycles. The molecule has 128 valence electrons. The molecule has 0 unspecified atom stereocenters. The first-order chi connectivity index (χ1) is 11.4. The molecule has 1 aromatic heterocycles. The zero-order valence-electron chi connectivity index (χ0n) is 14.1. The Morgan fingerprint density at radius 3 is 2.42 bits per heavy atom. The fourth-order valence-electron chi connectivity index (χ4n) is 2.02. The average Bonchev–Trinajstić information content (AvgIpc) is 2.87. The molecule has 1 heterocycles. The molecule has 1 aromatic carbocycles. The number of para-hydroxylation sites is 1. The maximum Gasteiger partial charge on any atom is 0.321 e. The van der Waals surface area contributed by atoms with Crippen LogP contribution in [0.25, 0.3) is 5.69 Å². The van der Waals surface area contributed by atoms with Crippen LogP contribution >= 0.6 is 11.8 Å². The number of hydrogen-bond acceptors (Lipinski definition) is 5. The highest BCUT2D eigenvalue weighted by molar-refractivity contribution is 8.00. The van der Waals surface area contributed by atoms with Gasteiger partial charge in [0.05, 0.1) is 5.25 Å². The Bertz CT molecular complexity index is 715. The zero-order valence-corrected chi connectivity index (χ0v) is 14.9. The predicted octanol–water partition coefficient (Wildman–Crippen LogP) is 2.29. The summed E-state index contributed by atoms with van der Waals surface area (Å²) in [7, 11) is 0. The molecule has 0 aliphatic rings. The van der Waals surface area contributed by atoms with Crippen molar-refractivity contribution in [2.75, 3.05) is 0 Å². The molecule has 0 saturated carbocycles. The molecule has 0 bridgehead atoms. The Hall–Kier alpha value is -2.35. The zero-order chi connectivity index (χ0) is 17.7. The smallest absolute Gasteiger partial charge is 0.321 e. The van der Waals surface area contributed by atoms with Crippen LogP contribution in [-0.2, 0) is 4.79 Å². The summed E-state index contributed by atoms with van der Waals surface area (Å²) in [6.45, 7) is 7.23. The van der Waals surface area contributed by atoms with Crippen molar-refractivity contribution in [1.82, 2.24) is 25.4 Å². The van der Waals surface area contributed by atoms with Gasteiger partial charge in [-0.05, 0) is 39.8 Å². The number of amides is 3. The third-order valence-corrected chi connectivity index (χ3v) is 4.16. The fraction of sp³-hybridized carbons (Fsp3) is 0.375. The molecule has 8 heteroatoms. The number of aromatic nitrogens is 3. The highest BCUT2D eigenvalue weighted by Gasteiger charge is 2.21. The normalized spacial score (nSPS) is 12.0. The second-order valence-corrected chi connectivity index (χ2v) is 6.89. The summed E-state index contributed by atoms with van der Waals surface area (Å²) in [5.41, 5.74) is 0.924. The summed E-state index contributed by atoms with van der Waals surface area (Å²) in [4.78, 5) is 23.8. The maximum absolute atomic E-state index is 12.1. The molecule has 7 nitrogen and oxygen atoms in total. The van der Waals surface area contributed by atoms with Crippen LogP contribution in [0.4, 0.5) is 4.79 Å². The molecular formula is C16H21N5O2S. The molecule has 2 aromatic rings. The molecule has 0 saturated heterocycles. The van der Waals surface area contributed by atoms with E-state index < -0.39 is 11.3 Å². The van der Waals surface area contributed by atoms with Gasteiger partial charge in [0.1, 0.15) is 5.82 Å². The Balaban J connectivity index is 2.09. The SMILES string of the molecule is Cc1nnc(S[C@@H](C)C(=O)NC(=O)NC(C)C)n1-c1ccccc1. The van der Waals surface area contributed by atoms with E-state index in [2.05, 4.69) is 20.8 Å². The lowest BCUT2D eigenvalue weighted by Crippen LogP contribution is -2.45. The number of nitrogens with zero attached hydrogens (tertiary/aromatic N) is 3. The van der Waals surface area contributed by atoms with Crippen LogP contribution in [0.1, 0.15) is 26.6 Å². The van der Waals surface area contributed by atoms with E-state index in [1.807, 2.05) is 55.7 Å². The van der Waals surface area contributed by atoms with Gasteiger partial charge in [0, 0.05) is 11.7 Å². The van der Waals surface area contributed by atoms with E-state index in [-0.39, 0.29) is 11.9 Å². The van der Waals surface area contributed by atoms with Crippen LogP contribution in [0.3, 0.4) is 0 Å². The monoisotopic (exact) mass is 347 g/mol. The Morgan fingerprint density at radius 2 is 1.79 bits per heavy atom. The summed E-state index contributed by atoms with van der Waals surface area (Å²) in [5, 5.41) is 13.3. The van der Waals surface area contributed by atoms with Gasteiger partial charge in [0.25, 0.3) is 0 Å². The second kappa shape index (κ2) is 7.96. The van der Waals surface area contributed by atoms with E-state index in [0.717, 1.165) is 11.5 Å². The van der Waals surface area contributed by atoms with Gasteiger partial charge in [-0.2, -0.15) is 0 Å². The first kappa shape index (κ1) is 18.0. The molecular weight excluding hydrogens is 326 g/mol. The lowest BCUT2D eigenvalue weighted by Gasteiger charge is -2.14. The lowest BCUT2D eigenvalue weighted by atomic mass is 10.3. The van der Waals surface area contributed by atoms with E-state index in [9.17, 15) is 9.59 Å². The predicted molar refractivity (Wildman–Crippen MR) is 93.2 cm³/mol. The van der Waals surface area contributed by atoms with Crippen LogP contribution in [0.2, 0.25) is 0 Å². The van der Waals surface area contributed by atoms with Crippen molar-refractivity contribution < 1.29 is 9.59 Å². The molecule has 0 radical (unpaired) electrons. The molecule has 24 heavy (non-hydrogen) atoms. The van der Waals surface area contributed by atoms with Crippen molar-refractivity contribution in [1.29, 1.82) is 0 Å². The molecule has 1 atom stereocenters. The van der Waals surface area contributed by atoms with Gasteiger partial charge in [-0.1, -0.05) is 30.0 Å². The number of imide groups is 1. The van der Waals surface area contributed by atoms with Gasteiger partial charge in [-0.15, -0.1) is 10.2 Å². The van der Waals surface area contributed by atoms with Crippen LogP contribution in [0, 0.1) is 6.92 Å². The van der Waals surface area contributed by atoms with E-state index in [1.165, 1.54) is 11.8 Å². The largest absolute Gasteiger partial charge is 0.336 e. The average molecular weight is 347 g/mol. The van der Waals surface area contributed by atoms with Gasteiger partial charge in [-0.25, -0.2) is 4.79 Å². The molecule has 0 aliphatic heterocycles. The second-order valence-electron chi connectivity index (χ2n) is 5.58. The highest BCUT2D eigenvalue weighted by atomic mass is 32.2. The number of carbonyl (C=O) groups is 2. The van der Waals surface area contributed by atoms with E-state index in [1.54, 1.807) is 6.92 Å². The van der Waals surface area contributed by atoms with E-state index in [4.69, 9.17) is 0 Å². The van der Waals surface area contributed by atoms with Crippen molar-refractivity contribution >= 4 is 23.7 Å². The number of thioether (sulfide) groups is 1. The molecule has 0 spiro atoms. The number of nitrogens with one attached hydrogen (secondary N) is 2. The van der Waals surface area contributed by atoms with E-state index >= 15 is 0 Å². The Labute approximate surface area is 145 Å². The standard InChI is InChI=1S/C16H21N5O2S/c1-10(2)17-15(23)18-14(22)11(3)24-16-20-19-12(4)21(16)13-8-6-5-7-9-13/h5-11H,1-4H3,(H2,17,18,22,23)/t11-/m0/s1. The van der Waals surface area contributed by atoms with Gasteiger partial charge in [0.2, 0.25) is 5.91 Å². The minimum atomic E-state index is -0.497. The quantitative estimate of drug-likeness (QED) is 0.810. The van der Waals surface area contributed by atoms with Crippen molar-refractivity contribution in [3.05, 3.63) is 36.2 Å². The minimum Gasteiger partial charge on any atom is -0.336 e. The third-order valence-electron chi connectivity index (χ3n) is 3.12. The van der Waals surface area contributed by atoms with Crippen molar-refractivity contribution in [3.8, 4) is 5.69 Å². The number of rotatable bonds is 5. The summed E-state index contributed by atoms with van der Waals surface area (Å²) >= 11 is 1.25. The number of carbonyl (C=O) groups excluding carboxylic acids is 2. The maximum atomic E-state index is 12.1. The molecule has 2 N–H and O–H groups in total. The molecule has 3 amide bonds. The van der Waals surface area contributed by atoms with Crippen LogP contribution in [-0.4, -0.2) is 38.0 Å². The van der Waals surface area contributed by atoms with Gasteiger partial charge < -0.3 is 5.32 Å². The number of aryl methyl sites for hydroxylation is 1. The number of hydrogen-bond donors (Lipinski definition) is 2. The first-order valence-corrected chi connectivity index (χ1v) is 8.52. The topological polar surface area (TPSA) is 88.9 Å². The van der Waals surface area contributed by atoms with Crippen molar-refractivity contribution in [2.24, 2.45) is 0 Å². The summed E-state index contributed by atoms with van der Waals surface area (Å²) in [5.74, 6) is 0.354. The number of urea groups is 1. The van der Waals surface area contributed by atoms with Crippen LogP contribution < -0.4 is 10.6 Å². The first-order valence-electron chi connectivity index (χ1n) is 7.64. The summed E-state index contributed by atoms with van der Waals surface area (Å²) in [6, 6.07) is 9.14.